The highest BCUT2D eigenvalue weighted by Crippen LogP contribution is 2.31. The fourth-order valence-electron chi connectivity index (χ4n) is 2.75. The molecule has 2 N–H and O–H groups in total. The van der Waals surface area contributed by atoms with Gasteiger partial charge >= 0.3 is 5.97 Å². The predicted octanol–water partition coefficient (Wildman–Crippen LogP) is 1.10. The van der Waals surface area contributed by atoms with Gasteiger partial charge in [0, 0.05) is 12.5 Å². The van der Waals surface area contributed by atoms with Crippen molar-refractivity contribution in [1.29, 1.82) is 0 Å². The van der Waals surface area contributed by atoms with E-state index in [1.54, 1.807) is 6.08 Å². The zero-order chi connectivity index (χ0) is 14.8. The number of ether oxygens (including phenoxy) is 1. The lowest BCUT2D eigenvalue weighted by Gasteiger charge is -2.38. The fraction of sp³-hybridized carbons (Fsp3) is 0.714. The third-order valence-electron chi connectivity index (χ3n) is 4.14. The van der Waals surface area contributed by atoms with Crippen LogP contribution in [0.4, 0.5) is 0 Å². The maximum Gasteiger partial charge on any atom is 0.326 e. The number of allylic oxidation sites excluding steroid dienone is 1. The number of nitrogens with zero attached hydrogens (tertiary/aromatic N) is 1. The minimum atomic E-state index is -1.54. The maximum absolute atomic E-state index is 12.3. The zero-order valence-electron chi connectivity index (χ0n) is 11.6. The molecule has 0 bridgehead atoms. The number of hydrogen-bond acceptors (Lipinski definition) is 4. The molecule has 6 nitrogen and oxygen atoms in total. The molecule has 0 aromatic heterocycles. The van der Waals surface area contributed by atoms with Gasteiger partial charge in [-0.1, -0.05) is 6.92 Å². The summed E-state index contributed by atoms with van der Waals surface area (Å²) in [6.07, 6.45) is 5.69. The van der Waals surface area contributed by atoms with Gasteiger partial charge in [-0.05, 0) is 31.8 Å². The summed E-state index contributed by atoms with van der Waals surface area (Å²) < 4.78 is 5.21. The van der Waals surface area contributed by atoms with E-state index in [4.69, 9.17) is 4.74 Å². The SMILES string of the molecule is C[C@@H]1CC=CO[C@@]1(O)CC(=O)N1CCCC[C@H]1C(=O)O. The number of piperidine rings is 1. The number of amides is 1. The first kappa shape index (κ1) is 14.8. The lowest BCUT2D eigenvalue weighted by Crippen LogP contribution is -2.52. The van der Waals surface area contributed by atoms with Crippen molar-refractivity contribution in [1.82, 2.24) is 4.90 Å². The minimum Gasteiger partial charge on any atom is -0.480 e. The van der Waals surface area contributed by atoms with E-state index in [0.29, 0.717) is 19.4 Å². The molecule has 112 valence electrons. The number of aliphatic hydroxyl groups is 1. The number of hydrogen-bond donors (Lipinski definition) is 2. The van der Waals surface area contributed by atoms with Crippen molar-refractivity contribution in [3.8, 4) is 0 Å². The van der Waals surface area contributed by atoms with Gasteiger partial charge in [0.15, 0.2) is 0 Å². The van der Waals surface area contributed by atoms with E-state index >= 15 is 0 Å². The molecule has 0 aliphatic carbocycles. The first-order chi connectivity index (χ1) is 9.44. The third-order valence-corrected chi connectivity index (χ3v) is 4.14. The van der Waals surface area contributed by atoms with Crippen molar-refractivity contribution < 1.29 is 24.5 Å². The van der Waals surface area contributed by atoms with Gasteiger partial charge in [0.2, 0.25) is 11.7 Å². The van der Waals surface area contributed by atoms with Crippen molar-refractivity contribution >= 4 is 11.9 Å². The molecule has 0 aromatic carbocycles. The van der Waals surface area contributed by atoms with Crippen LogP contribution in [0.1, 0.15) is 39.0 Å². The molecule has 1 saturated heterocycles. The lowest BCUT2D eigenvalue weighted by atomic mass is 9.91. The Hall–Kier alpha value is -1.56. The fourth-order valence-corrected chi connectivity index (χ4v) is 2.75. The average Bonchev–Trinajstić information content (AvgIpc) is 2.42. The molecule has 3 atom stereocenters. The Kier molecular flexibility index (Phi) is 4.32. The second kappa shape index (κ2) is 5.83. The highest BCUT2D eigenvalue weighted by molar-refractivity contribution is 5.84. The van der Waals surface area contributed by atoms with Crippen LogP contribution in [0.15, 0.2) is 12.3 Å². The maximum atomic E-state index is 12.3. The summed E-state index contributed by atoms with van der Waals surface area (Å²) in [4.78, 5) is 24.9. The first-order valence-electron chi connectivity index (χ1n) is 7.01. The number of carbonyl (C=O) groups excluding carboxylic acids is 1. The van der Waals surface area contributed by atoms with Crippen molar-refractivity contribution in [2.24, 2.45) is 5.92 Å². The highest BCUT2D eigenvalue weighted by Gasteiger charge is 2.42. The normalized spacial score (nSPS) is 33.6. The summed E-state index contributed by atoms with van der Waals surface area (Å²) in [5.41, 5.74) is 0. The van der Waals surface area contributed by atoms with Gasteiger partial charge in [-0.25, -0.2) is 4.79 Å². The summed E-state index contributed by atoms with van der Waals surface area (Å²) in [5.74, 6) is -3.08. The Bertz CT molecular complexity index is 422. The molecule has 0 aromatic rings. The van der Waals surface area contributed by atoms with E-state index in [1.807, 2.05) is 6.92 Å². The number of rotatable bonds is 3. The van der Waals surface area contributed by atoms with E-state index < -0.39 is 17.8 Å². The van der Waals surface area contributed by atoms with E-state index in [1.165, 1.54) is 11.2 Å². The van der Waals surface area contributed by atoms with E-state index in [-0.39, 0.29) is 18.2 Å². The van der Waals surface area contributed by atoms with Crippen LogP contribution in [-0.4, -0.2) is 45.4 Å². The number of carboxylic acids is 1. The van der Waals surface area contributed by atoms with Crippen LogP contribution in [0.2, 0.25) is 0 Å². The highest BCUT2D eigenvalue weighted by atomic mass is 16.6. The monoisotopic (exact) mass is 283 g/mol. The standard InChI is InChI=1S/C14H21NO5/c1-10-5-4-8-20-14(10,19)9-12(16)15-7-3-2-6-11(15)13(17)18/h4,8,10-11,19H,2-3,5-7,9H2,1H3,(H,17,18)/t10-,11+,14+/m1/s1. The number of aliphatic carboxylic acids is 1. The molecule has 1 amide bonds. The van der Waals surface area contributed by atoms with Crippen LogP contribution >= 0.6 is 0 Å². The summed E-state index contributed by atoms with van der Waals surface area (Å²) in [6.45, 7) is 2.23. The van der Waals surface area contributed by atoms with E-state index in [2.05, 4.69) is 0 Å². The lowest BCUT2D eigenvalue weighted by molar-refractivity contribution is -0.215. The van der Waals surface area contributed by atoms with Crippen molar-refractivity contribution in [2.75, 3.05) is 6.54 Å². The van der Waals surface area contributed by atoms with Crippen molar-refractivity contribution in [3.63, 3.8) is 0 Å². The van der Waals surface area contributed by atoms with Crippen molar-refractivity contribution in [3.05, 3.63) is 12.3 Å². The zero-order valence-corrected chi connectivity index (χ0v) is 11.6. The Labute approximate surface area is 118 Å². The second-order valence-electron chi connectivity index (χ2n) is 5.58. The summed E-state index contributed by atoms with van der Waals surface area (Å²) >= 11 is 0. The van der Waals surface area contributed by atoms with Gasteiger partial charge in [0.1, 0.15) is 6.04 Å². The molecule has 1 fully saturated rings. The van der Waals surface area contributed by atoms with E-state index in [9.17, 15) is 19.8 Å². The molecule has 0 radical (unpaired) electrons. The molecule has 2 aliphatic heterocycles. The quantitative estimate of drug-likeness (QED) is 0.810. The first-order valence-corrected chi connectivity index (χ1v) is 7.01. The Morgan fingerprint density at radius 2 is 2.20 bits per heavy atom. The Morgan fingerprint density at radius 3 is 2.85 bits per heavy atom. The van der Waals surface area contributed by atoms with Gasteiger partial charge in [-0.15, -0.1) is 0 Å². The van der Waals surface area contributed by atoms with E-state index in [0.717, 1.165) is 12.8 Å². The number of carbonyl (C=O) groups is 2. The van der Waals surface area contributed by atoms with Gasteiger partial charge in [0.25, 0.3) is 0 Å². The van der Waals surface area contributed by atoms with Gasteiger partial charge < -0.3 is 19.8 Å². The van der Waals surface area contributed by atoms with Gasteiger partial charge in [-0.2, -0.15) is 0 Å². The summed E-state index contributed by atoms with van der Waals surface area (Å²) in [7, 11) is 0. The summed E-state index contributed by atoms with van der Waals surface area (Å²) in [5, 5.41) is 19.6. The summed E-state index contributed by atoms with van der Waals surface area (Å²) in [6, 6.07) is -0.783. The minimum absolute atomic E-state index is 0.204. The van der Waals surface area contributed by atoms with Crippen LogP contribution < -0.4 is 0 Å². The van der Waals surface area contributed by atoms with Crippen LogP contribution in [0, 0.1) is 5.92 Å². The Morgan fingerprint density at radius 1 is 1.45 bits per heavy atom. The van der Waals surface area contributed by atoms with Crippen LogP contribution in [-0.2, 0) is 14.3 Å². The van der Waals surface area contributed by atoms with Crippen LogP contribution in [0.3, 0.4) is 0 Å². The third kappa shape index (κ3) is 2.95. The largest absolute Gasteiger partial charge is 0.480 e. The second-order valence-corrected chi connectivity index (χ2v) is 5.58. The molecular weight excluding hydrogens is 262 g/mol. The molecule has 2 rings (SSSR count). The van der Waals surface area contributed by atoms with Gasteiger partial charge in [-0.3, -0.25) is 4.79 Å². The number of carboxylic acid groups (broad SMARTS) is 1. The Balaban J connectivity index is 2.06. The number of likely N-dealkylation sites (tertiary alicyclic amines) is 1. The molecular formula is C14H21NO5. The van der Waals surface area contributed by atoms with Gasteiger partial charge in [0.05, 0.1) is 12.7 Å². The topological polar surface area (TPSA) is 87.1 Å². The molecule has 2 heterocycles. The van der Waals surface area contributed by atoms with Crippen LogP contribution in [0.25, 0.3) is 0 Å². The molecule has 2 aliphatic rings. The molecule has 0 unspecified atom stereocenters. The molecule has 6 heteroatoms. The average molecular weight is 283 g/mol. The molecule has 20 heavy (non-hydrogen) atoms. The van der Waals surface area contributed by atoms with Crippen molar-refractivity contribution in [2.45, 2.75) is 50.9 Å². The molecule has 0 spiro atoms. The smallest absolute Gasteiger partial charge is 0.326 e. The molecule has 0 saturated carbocycles. The van der Waals surface area contributed by atoms with Crippen LogP contribution in [0.5, 0.6) is 0 Å². The predicted molar refractivity (Wildman–Crippen MR) is 70.6 cm³/mol.